The highest BCUT2D eigenvalue weighted by molar-refractivity contribution is 5.77. The van der Waals surface area contributed by atoms with Crippen LogP contribution in [0.1, 0.15) is 46.0 Å². The number of hydrogen-bond donors (Lipinski definition) is 1. The van der Waals surface area contributed by atoms with Gasteiger partial charge in [0, 0.05) is 0 Å². The summed E-state index contributed by atoms with van der Waals surface area (Å²) < 4.78 is 4.73. The topological polar surface area (TPSA) is 46.5 Å². The van der Waals surface area contributed by atoms with E-state index >= 15 is 0 Å². The van der Waals surface area contributed by atoms with E-state index in [-0.39, 0.29) is 5.97 Å². The Morgan fingerprint density at radius 1 is 1.29 bits per heavy atom. The van der Waals surface area contributed by atoms with Crippen LogP contribution in [0.15, 0.2) is 0 Å². The maximum absolute atomic E-state index is 11.6. The zero-order chi connectivity index (χ0) is 10.8. The number of carbonyl (C=O) groups is 1. The highest BCUT2D eigenvalue weighted by Gasteiger charge is 2.49. The number of rotatable bonds is 2. The minimum atomic E-state index is -0.877. The highest BCUT2D eigenvalue weighted by atomic mass is 16.5. The van der Waals surface area contributed by atoms with Gasteiger partial charge in [0.2, 0.25) is 0 Å². The molecule has 0 aliphatic heterocycles. The molecule has 0 aromatic rings. The summed E-state index contributed by atoms with van der Waals surface area (Å²) in [4.78, 5) is 11.6. The quantitative estimate of drug-likeness (QED) is 0.692. The fourth-order valence-electron chi connectivity index (χ4n) is 2.21. The molecule has 1 rings (SSSR count). The molecule has 1 aliphatic carbocycles. The van der Waals surface area contributed by atoms with Gasteiger partial charge in [-0.1, -0.05) is 19.3 Å². The fraction of sp³-hybridized carbons (Fsp3) is 0.909. The van der Waals surface area contributed by atoms with Crippen LogP contribution in [0.3, 0.4) is 0 Å². The lowest BCUT2D eigenvalue weighted by molar-refractivity contribution is -0.172. The number of carbonyl (C=O) groups excluding carboxylic acids is 1. The van der Waals surface area contributed by atoms with Crippen LogP contribution < -0.4 is 0 Å². The Morgan fingerprint density at radius 2 is 1.79 bits per heavy atom. The van der Waals surface area contributed by atoms with E-state index in [0.717, 1.165) is 19.3 Å². The van der Waals surface area contributed by atoms with E-state index in [1.165, 1.54) is 7.11 Å². The fourth-order valence-corrected chi connectivity index (χ4v) is 2.21. The lowest BCUT2D eigenvalue weighted by Gasteiger charge is -2.43. The van der Waals surface area contributed by atoms with Crippen LogP contribution in [0.4, 0.5) is 0 Å². The molecule has 0 aromatic carbocycles. The minimum absolute atomic E-state index is 0.318. The smallest absolute Gasteiger partial charge is 0.314 e. The molecule has 0 spiro atoms. The van der Waals surface area contributed by atoms with Crippen LogP contribution in [0.5, 0.6) is 0 Å². The van der Waals surface area contributed by atoms with Crippen LogP contribution in [-0.4, -0.2) is 23.8 Å². The van der Waals surface area contributed by atoms with E-state index < -0.39 is 11.0 Å². The van der Waals surface area contributed by atoms with Gasteiger partial charge in [-0.2, -0.15) is 0 Å². The number of hydrogen-bond acceptors (Lipinski definition) is 3. The maximum atomic E-state index is 11.6. The second kappa shape index (κ2) is 3.89. The Morgan fingerprint density at radius 3 is 2.21 bits per heavy atom. The third-order valence-electron chi connectivity index (χ3n) is 3.54. The largest absolute Gasteiger partial charge is 0.469 e. The van der Waals surface area contributed by atoms with E-state index in [9.17, 15) is 9.90 Å². The SMILES string of the molecule is COC(=O)C(C)(C)C1(O)CCCCC1. The first-order chi connectivity index (χ1) is 6.44. The second-order valence-corrected chi connectivity index (χ2v) is 4.71. The molecule has 0 atom stereocenters. The number of methoxy groups -OCH3 is 1. The Bertz CT molecular complexity index is 215. The van der Waals surface area contributed by atoms with Gasteiger partial charge in [-0.15, -0.1) is 0 Å². The molecule has 0 heterocycles. The number of aliphatic hydroxyl groups is 1. The summed E-state index contributed by atoms with van der Waals surface area (Å²) in [5.41, 5.74) is -1.67. The molecule has 0 aromatic heterocycles. The van der Waals surface area contributed by atoms with Crippen molar-refractivity contribution < 1.29 is 14.6 Å². The first kappa shape index (κ1) is 11.5. The third kappa shape index (κ3) is 1.78. The van der Waals surface area contributed by atoms with Crippen LogP contribution in [-0.2, 0) is 9.53 Å². The van der Waals surface area contributed by atoms with Crippen molar-refractivity contribution in [2.45, 2.75) is 51.6 Å². The second-order valence-electron chi connectivity index (χ2n) is 4.71. The summed E-state index contributed by atoms with van der Waals surface area (Å²) >= 11 is 0. The summed E-state index contributed by atoms with van der Waals surface area (Å²) in [5.74, 6) is -0.318. The lowest BCUT2D eigenvalue weighted by atomic mass is 9.67. The molecule has 14 heavy (non-hydrogen) atoms. The number of esters is 1. The van der Waals surface area contributed by atoms with Crippen molar-refractivity contribution in [2.75, 3.05) is 7.11 Å². The Balaban J connectivity index is 2.82. The number of ether oxygens (including phenoxy) is 1. The average Bonchev–Trinajstić information content (AvgIpc) is 2.17. The first-order valence-electron chi connectivity index (χ1n) is 5.25. The van der Waals surface area contributed by atoms with Gasteiger partial charge in [0.05, 0.1) is 18.1 Å². The lowest BCUT2D eigenvalue weighted by Crippen LogP contribution is -2.51. The Labute approximate surface area is 85.5 Å². The Kier molecular flexibility index (Phi) is 3.20. The summed E-state index contributed by atoms with van der Waals surface area (Å²) in [7, 11) is 1.37. The molecule has 0 bridgehead atoms. The van der Waals surface area contributed by atoms with Gasteiger partial charge >= 0.3 is 5.97 Å². The van der Waals surface area contributed by atoms with E-state index in [4.69, 9.17) is 4.74 Å². The van der Waals surface area contributed by atoms with Crippen LogP contribution in [0.2, 0.25) is 0 Å². The standard InChI is InChI=1S/C11H20O3/c1-10(2,9(12)14-3)11(13)7-5-4-6-8-11/h13H,4-8H2,1-3H3. The Hall–Kier alpha value is -0.570. The minimum Gasteiger partial charge on any atom is -0.469 e. The van der Waals surface area contributed by atoms with Crippen molar-refractivity contribution in [1.29, 1.82) is 0 Å². The molecule has 1 N–H and O–H groups in total. The van der Waals surface area contributed by atoms with Crippen molar-refractivity contribution in [2.24, 2.45) is 5.41 Å². The summed E-state index contributed by atoms with van der Waals surface area (Å²) in [6.45, 7) is 3.54. The normalized spacial score (nSPS) is 21.7. The van der Waals surface area contributed by atoms with Crippen LogP contribution in [0.25, 0.3) is 0 Å². The van der Waals surface area contributed by atoms with Crippen LogP contribution >= 0.6 is 0 Å². The monoisotopic (exact) mass is 200 g/mol. The van der Waals surface area contributed by atoms with Crippen molar-refractivity contribution >= 4 is 5.97 Å². The van der Waals surface area contributed by atoms with Crippen molar-refractivity contribution in [3.8, 4) is 0 Å². The van der Waals surface area contributed by atoms with Crippen molar-refractivity contribution in [3.05, 3.63) is 0 Å². The molecule has 1 saturated carbocycles. The van der Waals surface area contributed by atoms with Gasteiger partial charge in [-0.05, 0) is 26.7 Å². The van der Waals surface area contributed by atoms with Crippen molar-refractivity contribution in [3.63, 3.8) is 0 Å². The first-order valence-corrected chi connectivity index (χ1v) is 5.25. The van der Waals surface area contributed by atoms with Gasteiger partial charge in [-0.3, -0.25) is 4.79 Å². The molecule has 0 radical (unpaired) electrons. The van der Waals surface area contributed by atoms with Gasteiger partial charge in [0.15, 0.2) is 0 Å². The molecule has 0 saturated heterocycles. The molecule has 3 nitrogen and oxygen atoms in total. The molecular weight excluding hydrogens is 180 g/mol. The summed E-state index contributed by atoms with van der Waals surface area (Å²) in [6, 6.07) is 0. The molecule has 1 aliphatic rings. The van der Waals surface area contributed by atoms with E-state index in [1.807, 2.05) is 0 Å². The molecule has 3 heteroatoms. The van der Waals surface area contributed by atoms with E-state index in [2.05, 4.69) is 0 Å². The van der Waals surface area contributed by atoms with E-state index in [0.29, 0.717) is 12.8 Å². The predicted octanol–water partition coefficient (Wildman–Crippen LogP) is 1.88. The zero-order valence-corrected chi connectivity index (χ0v) is 9.30. The summed E-state index contributed by atoms with van der Waals surface area (Å²) in [6.07, 6.45) is 4.55. The molecule has 0 amide bonds. The third-order valence-corrected chi connectivity index (χ3v) is 3.54. The van der Waals surface area contributed by atoms with Crippen molar-refractivity contribution in [1.82, 2.24) is 0 Å². The molecule has 82 valence electrons. The van der Waals surface area contributed by atoms with E-state index in [1.54, 1.807) is 13.8 Å². The average molecular weight is 200 g/mol. The molecule has 0 unspecified atom stereocenters. The van der Waals surface area contributed by atoms with Gasteiger partial charge in [0.25, 0.3) is 0 Å². The van der Waals surface area contributed by atoms with Gasteiger partial charge < -0.3 is 9.84 Å². The summed E-state index contributed by atoms with van der Waals surface area (Å²) in [5, 5.41) is 10.4. The zero-order valence-electron chi connectivity index (χ0n) is 9.30. The highest BCUT2D eigenvalue weighted by Crippen LogP contribution is 2.42. The van der Waals surface area contributed by atoms with Crippen LogP contribution in [0, 0.1) is 5.41 Å². The maximum Gasteiger partial charge on any atom is 0.314 e. The predicted molar refractivity (Wildman–Crippen MR) is 53.8 cm³/mol. The molecular formula is C11H20O3. The molecule has 1 fully saturated rings. The van der Waals surface area contributed by atoms with Gasteiger partial charge in [-0.25, -0.2) is 0 Å². The van der Waals surface area contributed by atoms with Gasteiger partial charge in [0.1, 0.15) is 0 Å².